The highest BCUT2D eigenvalue weighted by Gasteiger charge is 2.16. The zero-order valence-corrected chi connectivity index (χ0v) is 9.45. The van der Waals surface area contributed by atoms with Crippen molar-refractivity contribution in [2.45, 2.75) is 20.0 Å². The van der Waals surface area contributed by atoms with Gasteiger partial charge in [0.15, 0.2) is 6.10 Å². The fourth-order valence-corrected chi connectivity index (χ4v) is 1.22. The van der Waals surface area contributed by atoms with Gasteiger partial charge >= 0.3 is 5.97 Å². The molecule has 3 nitrogen and oxygen atoms in total. The van der Waals surface area contributed by atoms with E-state index in [4.69, 9.17) is 21.1 Å². The quantitative estimate of drug-likeness (QED) is 0.744. The lowest BCUT2D eigenvalue weighted by Gasteiger charge is -2.13. The minimum atomic E-state index is -0.648. The molecule has 82 valence electrons. The van der Waals surface area contributed by atoms with Crippen LogP contribution in [0.1, 0.15) is 13.8 Å². The molecule has 0 radical (unpaired) electrons. The molecule has 0 bridgehead atoms. The number of carbonyl (C=O) groups excluding carboxylic acids is 1. The molecule has 0 spiro atoms. The van der Waals surface area contributed by atoms with E-state index in [0.717, 1.165) is 0 Å². The molecule has 0 aliphatic heterocycles. The maximum Gasteiger partial charge on any atom is 0.347 e. The van der Waals surface area contributed by atoms with E-state index in [0.29, 0.717) is 17.4 Å². The molecule has 0 heterocycles. The van der Waals surface area contributed by atoms with Crippen LogP contribution in [0.25, 0.3) is 0 Å². The minimum Gasteiger partial charge on any atom is -0.477 e. The Labute approximate surface area is 93.9 Å². The first-order chi connectivity index (χ1) is 7.15. The van der Waals surface area contributed by atoms with Gasteiger partial charge in [0.05, 0.1) is 11.6 Å². The fourth-order valence-electron chi connectivity index (χ4n) is 1.04. The van der Waals surface area contributed by atoms with Crippen molar-refractivity contribution in [3.63, 3.8) is 0 Å². The molecule has 15 heavy (non-hydrogen) atoms. The largest absolute Gasteiger partial charge is 0.477 e. The molecule has 0 N–H and O–H groups in total. The molecular formula is C11H13ClO3. The Balaban J connectivity index is 2.62. The first kappa shape index (κ1) is 11.9. The van der Waals surface area contributed by atoms with E-state index in [-0.39, 0.29) is 0 Å². The van der Waals surface area contributed by atoms with E-state index in [1.54, 1.807) is 38.1 Å². The van der Waals surface area contributed by atoms with Gasteiger partial charge in [-0.3, -0.25) is 0 Å². The number of carbonyl (C=O) groups is 1. The van der Waals surface area contributed by atoms with Gasteiger partial charge in [0, 0.05) is 0 Å². The number of para-hydroxylation sites is 1. The van der Waals surface area contributed by atoms with E-state index >= 15 is 0 Å². The Morgan fingerprint density at radius 3 is 2.73 bits per heavy atom. The Morgan fingerprint density at radius 2 is 2.13 bits per heavy atom. The zero-order chi connectivity index (χ0) is 11.3. The average Bonchev–Trinajstić information content (AvgIpc) is 2.21. The van der Waals surface area contributed by atoms with Crippen molar-refractivity contribution in [2.75, 3.05) is 6.61 Å². The first-order valence-corrected chi connectivity index (χ1v) is 5.10. The summed E-state index contributed by atoms with van der Waals surface area (Å²) in [4.78, 5) is 11.3. The number of hydrogen-bond donors (Lipinski definition) is 0. The van der Waals surface area contributed by atoms with Crippen LogP contribution in [0.3, 0.4) is 0 Å². The van der Waals surface area contributed by atoms with Crippen LogP contribution in [0, 0.1) is 0 Å². The van der Waals surface area contributed by atoms with Crippen LogP contribution in [0.4, 0.5) is 0 Å². The number of esters is 1. The lowest BCUT2D eigenvalue weighted by Crippen LogP contribution is -2.26. The number of ether oxygens (including phenoxy) is 2. The van der Waals surface area contributed by atoms with Gasteiger partial charge < -0.3 is 9.47 Å². The van der Waals surface area contributed by atoms with E-state index in [2.05, 4.69) is 0 Å². The van der Waals surface area contributed by atoms with Gasteiger partial charge in [-0.05, 0) is 26.0 Å². The Hall–Kier alpha value is -1.22. The summed E-state index contributed by atoms with van der Waals surface area (Å²) in [5.41, 5.74) is 0. The van der Waals surface area contributed by atoms with Crippen molar-refractivity contribution in [3.8, 4) is 5.75 Å². The lowest BCUT2D eigenvalue weighted by atomic mass is 10.3. The van der Waals surface area contributed by atoms with Gasteiger partial charge in [-0.25, -0.2) is 4.79 Å². The fraction of sp³-hybridized carbons (Fsp3) is 0.364. The molecular weight excluding hydrogens is 216 g/mol. The van der Waals surface area contributed by atoms with Crippen LogP contribution in [0.2, 0.25) is 5.02 Å². The molecule has 1 aromatic rings. The van der Waals surface area contributed by atoms with Crippen LogP contribution in [-0.2, 0) is 9.53 Å². The summed E-state index contributed by atoms with van der Waals surface area (Å²) < 4.78 is 10.2. The third-order valence-electron chi connectivity index (χ3n) is 1.76. The molecule has 0 amide bonds. The molecule has 0 aliphatic carbocycles. The third kappa shape index (κ3) is 3.44. The molecule has 1 atom stereocenters. The van der Waals surface area contributed by atoms with E-state index in [9.17, 15) is 4.79 Å². The third-order valence-corrected chi connectivity index (χ3v) is 2.07. The minimum absolute atomic E-state index is 0.342. The van der Waals surface area contributed by atoms with Crippen LogP contribution < -0.4 is 4.74 Å². The van der Waals surface area contributed by atoms with Crippen molar-refractivity contribution in [2.24, 2.45) is 0 Å². The second-order valence-corrected chi connectivity index (χ2v) is 3.35. The standard InChI is InChI=1S/C11H13ClO3/c1-3-14-11(13)8(2)15-10-7-5-4-6-9(10)12/h4-8H,3H2,1-2H3/t8-/m0/s1. The molecule has 0 aliphatic rings. The van der Waals surface area contributed by atoms with Gasteiger partial charge in [0.25, 0.3) is 0 Å². The smallest absolute Gasteiger partial charge is 0.347 e. The predicted molar refractivity (Wildman–Crippen MR) is 58.2 cm³/mol. The second kappa shape index (κ2) is 5.61. The van der Waals surface area contributed by atoms with Crippen molar-refractivity contribution in [3.05, 3.63) is 29.3 Å². The molecule has 4 heteroatoms. The summed E-state index contributed by atoms with van der Waals surface area (Å²) in [5.74, 6) is 0.0946. The predicted octanol–water partition coefficient (Wildman–Crippen LogP) is 2.67. The highest BCUT2D eigenvalue weighted by molar-refractivity contribution is 6.32. The number of halogens is 1. The molecule has 0 unspecified atom stereocenters. The van der Waals surface area contributed by atoms with Gasteiger partial charge in [-0.2, -0.15) is 0 Å². The van der Waals surface area contributed by atoms with Crippen LogP contribution in [0.5, 0.6) is 5.75 Å². The van der Waals surface area contributed by atoms with Crippen LogP contribution >= 0.6 is 11.6 Å². The Morgan fingerprint density at radius 1 is 1.47 bits per heavy atom. The average molecular weight is 229 g/mol. The van der Waals surface area contributed by atoms with E-state index in [1.165, 1.54) is 0 Å². The van der Waals surface area contributed by atoms with Gasteiger partial charge in [0.2, 0.25) is 0 Å². The summed E-state index contributed by atoms with van der Waals surface area (Å²) >= 11 is 5.87. The highest BCUT2D eigenvalue weighted by atomic mass is 35.5. The van der Waals surface area contributed by atoms with E-state index < -0.39 is 12.1 Å². The monoisotopic (exact) mass is 228 g/mol. The Kier molecular flexibility index (Phi) is 4.43. The molecule has 0 saturated heterocycles. The number of rotatable bonds is 4. The van der Waals surface area contributed by atoms with Crippen molar-refractivity contribution in [1.82, 2.24) is 0 Å². The van der Waals surface area contributed by atoms with Gasteiger partial charge in [-0.15, -0.1) is 0 Å². The molecule has 0 saturated carbocycles. The lowest BCUT2D eigenvalue weighted by molar-refractivity contribution is -0.150. The zero-order valence-electron chi connectivity index (χ0n) is 8.70. The number of hydrogen-bond acceptors (Lipinski definition) is 3. The van der Waals surface area contributed by atoms with Crippen molar-refractivity contribution >= 4 is 17.6 Å². The molecule has 0 fully saturated rings. The van der Waals surface area contributed by atoms with Crippen LogP contribution in [0.15, 0.2) is 24.3 Å². The molecule has 1 rings (SSSR count). The second-order valence-electron chi connectivity index (χ2n) is 2.94. The normalized spacial score (nSPS) is 11.9. The van der Waals surface area contributed by atoms with Gasteiger partial charge in [0.1, 0.15) is 5.75 Å². The molecule has 1 aromatic carbocycles. The highest BCUT2D eigenvalue weighted by Crippen LogP contribution is 2.24. The summed E-state index contributed by atoms with van der Waals surface area (Å²) in [6.07, 6.45) is -0.648. The van der Waals surface area contributed by atoms with Crippen molar-refractivity contribution < 1.29 is 14.3 Å². The number of benzene rings is 1. The Bertz CT molecular complexity index is 338. The first-order valence-electron chi connectivity index (χ1n) is 4.73. The summed E-state index contributed by atoms with van der Waals surface area (Å²) in [6, 6.07) is 7.00. The summed E-state index contributed by atoms with van der Waals surface area (Å²) in [5, 5.41) is 0.480. The van der Waals surface area contributed by atoms with E-state index in [1.807, 2.05) is 0 Å². The molecule has 0 aromatic heterocycles. The maximum absolute atomic E-state index is 11.3. The van der Waals surface area contributed by atoms with Crippen LogP contribution in [-0.4, -0.2) is 18.7 Å². The summed E-state index contributed by atoms with van der Waals surface area (Å²) in [7, 11) is 0. The maximum atomic E-state index is 11.3. The summed E-state index contributed by atoms with van der Waals surface area (Å²) in [6.45, 7) is 3.72. The topological polar surface area (TPSA) is 35.5 Å². The SMILES string of the molecule is CCOC(=O)[C@H](C)Oc1ccccc1Cl. The van der Waals surface area contributed by atoms with Gasteiger partial charge in [-0.1, -0.05) is 23.7 Å². The van der Waals surface area contributed by atoms with Crippen molar-refractivity contribution in [1.29, 1.82) is 0 Å².